The van der Waals surface area contributed by atoms with Crippen LogP contribution >= 0.6 is 0 Å². The zero-order valence-electron chi connectivity index (χ0n) is 24.2. The number of hydrogen-bond acceptors (Lipinski definition) is 4. The Morgan fingerprint density at radius 2 is 0.933 bits per heavy atom. The van der Waals surface area contributed by atoms with E-state index in [0.717, 1.165) is 55.1 Å². The van der Waals surface area contributed by atoms with Gasteiger partial charge in [-0.25, -0.2) is 15.0 Å². The van der Waals surface area contributed by atoms with Crippen molar-refractivity contribution in [1.29, 1.82) is 0 Å². The number of fused-ring (bicyclic) bond motifs is 7. The van der Waals surface area contributed by atoms with Crippen molar-refractivity contribution in [2.24, 2.45) is 0 Å². The maximum Gasteiger partial charge on any atom is 0.164 e. The first-order valence-corrected chi connectivity index (χ1v) is 15.0. The third-order valence-corrected chi connectivity index (χ3v) is 8.52. The van der Waals surface area contributed by atoms with E-state index in [1.165, 1.54) is 16.2 Å². The maximum absolute atomic E-state index is 6.53. The van der Waals surface area contributed by atoms with E-state index in [4.69, 9.17) is 19.4 Å². The van der Waals surface area contributed by atoms with Gasteiger partial charge in [0.05, 0.1) is 0 Å². The number of furan rings is 1. The highest BCUT2D eigenvalue weighted by atomic mass is 16.3. The van der Waals surface area contributed by atoms with Crippen LogP contribution in [-0.2, 0) is 0 Å². The fourth-order valence-electron chi connectivity index (χ4n) is 6.46. The van der Waals surface area contributed by atoms with Gasteiger partial charge in [-0.3, -0.25) is 0 Å². The van der Waals surface area contributed by atoms with Crippen LogP contribution in [0.4, 0.5) is 0 Å². The second kappa shape index (κ2) is 10.2. The van der Waals surface area contributed by atoms with Gasteiger partial charge in [-0.05, 0) is 39.4 Å². The van der Waals surface area contributed by atoms with Gasteiger partial charge in [0, 0.05) is 32.8 Å². The summed E-state index contributed by atoms with van der Waals surface area (Å²) in [7, 11) is 0. The molecule has 0 N–H and O–H groups in total. The van der Waals surface area contributed by atoms with Crippen molar-refractivity contribution in [3.8, 4) is 45.3 Å². The Balaban J connectivity index is 1.36. The molecule has 2 heterocycles. The quantitative estimate of drug-likeness (QED) is 0.196. The summed E-state index contributed by atoms with van der Waals surface area (Å²) in [5.41, 5.74) is 6.65. The van der Waals surface area contributed by atoms with Gasteiger partial charge in [-0.15, -0.1) is 0 Å². The van der Waals surface area contributed by atoms with E-state index in [-0.39, 0.29) is 0 Å². The predicted molar refractivity (Wildman–Crippen MR) is 184 cm³/mol. The van der Waals surface area contributed by atoms with Gasteiger partial charge < -0.3 is 4.42 Å². The Morgan fingerprint density at radius 3 is 1.67 bits per heavy atom. The van der Waals surface area contributed by atoms with E-state index >= 15 is 0 Å². The molecule has 0 atom stereocenters. The van der Waals surface area contributed by atoms with Gasteiger partial charge in [-0.1, -0.05) is 140 Å². The highest BCUT2D eigenvalue weighted by Crippen LogP contribution is 2.44. The summed E-state index contributed by atoms with van der Waals surface area (Å²) in [5.74, 6) is 1.90. The molecule has 0 amide bonds. The topological polar surface area (TPSA) is 51.8 Å². The maximum atomic E-state index is 6.53. The van der Waals surface area contributed by atoms with E-state index in [1.807, 2.05) is 78.9 Å². The fourth-order valence-corrected chi connectivity index (χ4v) is 6.46. The molecule has 9 rings (SSSR count). The van der Waals surface area contributed by atoms with Gasteiger partial charge in [0.2, 0.25) is 0 Å². The number of hydrogen-bond donors (Lipinski definition) is 0. The number of aromatic nitrogens is 3. The molecule has 0 aliphatic heterocycles. The lowest BCUT2D eigenvalue weighted by Gasteiger charge is -2.15. The lowest BCUT2D eigenvalue weighted by molar-refractivity contribution is 0.669. The summed E-state index contributed by atoms with van der Waals surface area (Å²) in [6.45, 7) is 0. The van der Waals surface area contributed by atoms with Gasteiger partial charge in [0.25, 0.3) is 0 Å². The molecule has 4 nitrogen and oxygen atoms in total. The standard InChI is InChI=1S/C41H25N3O/c1-3-14-27(15-4-1)39-42-40(28-16-5-2-6-17-28)44-41(43-39)32-20-10-9-19-30(32)34-25-36-38(33-21-11-12-22-35(33)45-36)37-29-18-8-7-13-26(29)23-24-31(34)37/h1-25H. The minimum Gasteiger partial charge on any atom is -0.456 e. The Bertz CT molecular complexity index is 2480. The molecule has 0 aliphatic carbocycles. The second-order valence-electron chi connectivity index (χ2n) is 11.2. The molecule has 0 saturated heterocycles. The zero-order chi connectivity index (χ0) is 29.7. The molecule has 0 saturated carbocycles. The van der Waals surface area contributed by atoms with Crippen LogP contribution < -0.4 is 0 Å². The van der Waals surface area contributed by atoms with Crippen LogP contribution in [0.1, 0.15) is 0 Å². The molecule has 7 aromatic carbocycles. The van der Waals surface area contributed by atoms with Crippen LogP contribution in [0.3, 0.4) is 0 Å². The first-order chi connectivity index (χ1) is 22.3. The first kappa shape index (κ1) is 25.4. The summed E-state index contributed by atoms with van der Waals surface area (Å²) in [4.78, 5) is 15.0. The summed E-state index contributed by atoms with van der Waals surface area (Å²) in [6.07, 6.45) is 0. The molecule has 0 radical (unpaired) electrons. The van der Waals surface area contributed by atoms with Crippen LogP contribution in [0.2, 0.25) is 0 Å². The van der Waals surface area contributed by atoms with Crippen LogP contribution in [0.25, 0.3) is 88.8 Å². The Morgan fingerprint density at radius 1 is 0.356 bits per heavy atom. The molecular formula is C41H25N3O. The molecule has 0 fully saturated rings. The minimum absolute atomic E-state index is 0.622. The minimum atomic E-state index is 0.622. The van der Waals surface area contributed by atoms with Gasteiger partial charge >= 0.3 is 0 Å². The molecule has 0 spiro atoms. The number of rotatable bonds is 4. The lowest BCUT2D eigenvalue weighted by Crippen LogP contribution is -2.01. The fraction of sp³-hybridized carbons (Fsp3) is 0. The van der Waals surface area contributed by atoms with Crippen molar-refractivity contribution in [2.45, 2.75) is 0 Å². The molecule has 0 bridgehead atoms. The zero-order valence-corrected chi connectivity index (χ0v) is 24.2. The van der Waals surface area contributed by atoms with E-state index in [1.54, 1.807) is 0 Å². The van der Waals surface area contributed by atoms with Gasteiger partial charge in [0.1, 0.15) is 11.2 Å². The molecule has 210 valence electrons. The molecule has 45 heavy (non-hydrogen) atoms. The number of para-hydroxylation sites is 1. The van der Waals surface area contributed by atoms with Crippen molar-refractivity contribution in [3.05, 3.63) is 152 Å². The smallest absolute Gasteiger partial charge is 0.164 e. The summed E-state index contributed by atoms with van der Waals surface area (Å²) in [6, 6.07) is 52.1. The normalized spacial score (nSPS) is 11.6. The van der Waals surface area contributed by atoms with Crippen molar-refractivity contribution >= 4 is 43.5 Å². The summed E-state index contributed by atoms with van der Waals surface area (Å²) in [5, 5.41) is 6.98. The summed E-state index contributed by atoms with van der Waals surface area (Å²) < 4.78 is 6.53. The van der Waals surface area contributed by atoms with E-state index < -0.39 is 0 Å². The van der Waals surface area contributed by atoms with Crippen molar-refractivity contribution in [3.63, 3.8) is 0 Å². The SMILES string of the molecule is c1ccc(-c2nc(-c3ccccc3)nc(-c3ccccc3-c3cc4oc5ccccc5c4c4c3ccc3ccccc34)n2)cc1. The van der Waals surface area contributed by atoms with E-state index in [9.17, 15) is 0 Å². The molecule has 0 aliphatic rings. The van der Waals surface area contributed by atoms with Crippen LogP contribution in [-0.4, -0.2) is 15.0 Å². The molecule has 4 heteroatoms. The number of nitrogens with zero attached hydrogens (tertiary/aromatic N) is 3. The van der Waals surface area contributed by atoms with Gasteiger partial charge in [0.15, 0.2) is 17.5 Å². The highest BCUT2D eigenvalue weighted by molar-refractivity contribution is 6.29. The molecule has 0 unspecified atom stereocenters. The second-order valence-corrected chi connectivity index (χ2v) is 11.2. The van der Waals surface area contributed by atoms with Crippen LogP contribution in [0.15, 0.2) is 156 Å². The Hall–Kier alpha value is -6.13. The third kappa shape index (κ3) is 4.19. The molecule has 2 aromatic heterocycles. The average molecular weight is 576 g/mol. The third-order valence-electron chi connectivity index (χ3n) is 8.52. The highest BCUT2D eigenvalue weighted by Gasteiger charge is 2.20. The Kier molecular flexibility index (Phi) is 5.78. The number of benzene rings is 7. The van der Waals surface area contributed by atoms with Crippen LogP contribution in [0, 0.1) is 0 Å². The molecular weight excluding hydrogens is 550 g/mol. The van der Waals surface area contributed by atoms with Gasteiger partial charge in [-0.2, -0.15) is 0 Å². The Labute approximate surface area is 259 Å². The first-order valence-electron chi connectivity index (χ1n) is 15.0. The average Bonchev–Trinajstić information content (AvgIpc) is 3.50. The van der Waals surface area contributed by atoms with Crippen molar-refractivity contribution in [2.75, 3.05) is 0 Å². The van der Waals surface area contributed by atoms with E-state index in [2.05, 4.69) is 72.8 Å². The summed E-state index contributed by atoms with van der Waals surface area (Å²) >= 11 is 0. The van der Waals surface area contributed by atoms with Crippen molar-refractivity contribution in [1.82, 2.24) is 15.0 Å². The van der Waals surface area contributed by atoms with E-state index in [0.29, 0.717) is 17.5 Å². The predicted octanol–water partition coefficient (Wildman–Crippen LogP) is 10.7. The van der Waals surface area contributed by atoms with Crippen molar-refractivity contribution < 1.29 is 4.42 Å². The largest absolute Gasteiger partial charge is 0.456 e. The monoisotopic (exact) mass is 575 g/mol. The van der Waals surface area contributed by atoms with Crippen LogP contribution in [0.5, 0.6) is 0 Å². The molecule has 9 aromatic rings. The lowest BCUT2D eigenvalue weighted by atomic mass is 9.89.